The van der Waals surface area contributed by atoms with Crippen LogP contribution in [0.15, 0.2) is 42.5 Å². The van der Waals surface area contributed by atoms with Crippen LogP contribution in [0.5, 0.6) is 5.75 Å². The number of hydrogen-bond acceptors (Lipinski definition) is 3. The summed E-state index contributed by atoms with van der Waals surface area (Å²) in [5.41, 5.74) is 8.27. The van der Waals surface area contributed by atoms with Crippen LogP contribution in [-0.2, 0) is 11.2 Å². The van der Waals surface area contributed by atoms with E-state index in [0.717, 1.165) is 11.1 Å². The molecule has 0 saturated heterocycles. The number of hydrogen-bond donors (Lipinski definition) is 3. The summed E-state index contributed by atoms with van der Waals surface area (Å²) < 4.78 is 0. The van der Waals surface area contributed by atoms with Crippen molar-refractivity contribution in [2.24, 2.45) is 5.73 Å². The summed E-state index contributed by atoms with van der Waals surface area (Å²) in [6.45, 7) is 1.87. The lowest BCUT2D eigenvalue weighted by Crippen LogP contribution is -2.37. The van der Waals surface area contributed by atoms with Crippen molar-refractivity contribution in [3.63, 3.8) is 0 Å². The van der Waals surface area contributed by atoms with Gasteiger partial charge in [0.15, 0.2) is 0 Å². The van der Waals surface area contributed by atoms with Gasteiger partial charge in [-0.25, -0.2) is 0 Å². The zero-order valence-corrected chi connectivity index (χ0v) is 12.4. The average molecular weight is 305 g/mol. The van der Waals surface area contributed by atoms with Crippen molar-refractivity contribution in [1.82, 2.24) is 0 Å². The van der Waals surface area contributed by atoms with E-state index in [2.05, 4.69) is 5.32 Å². The van der Waals surface area contributed by atoms with Crippen LogP contribution in [0, 0.1) is 6.92 Å². The van der Waals surface area contributed by atoms with Gasteiger partial charge in [0.1, 0.15) is 5.75 Å². The van der Waals surface area contributed by atoms with Crippen LogP contribution >= 0.6 is 11.6 Å². The number of phenols is 1. The van der Waals surface area contributed by atoms with E-state index in [1.54, 1.807) is 30.3 Å². The number of phenolic OH excluding ortho intramolecular Hbond substituents is 1. The maximum Gasteiger partial charge on any atom is 0.241 e. The third kappa shape index (κ3) is 3.97. The van der Waals surface area contributed by atoms with E-state index < -0.39 is 6.04 Å². The molecule has 0 radical (unpaired) electrons. The third-order valence-corrected chi connectivity index (χ3v) is 3.51. The first kappa shape index (κ1) is 15.4. The topological polar surface area (TPSA) is 75.4 Å². The molecular formula is C16H17ClN2O2. The third-order valence-electron chi connectivity index (χ3n) is 3.20. The first-order valence-corrected chi connectivity index (χ1v) is 6.94. The summed E-state index contributed by atoms with van der Waals surface area (Å²) in [4.78, 5) is 12.1. The van der Waals surface area contributed by atoms with Crippen LogP contribution in [0.1, 0.15) is 11.1 Å². The quantitative estimate of drug-likeness (QED) is 0.813. The van der Waals surface area contributed by atoms with Crippen molar-refractivity contribution in [1.29, 1.82) is 0 Å². The molecule has 0 heterocycles. The Labute approximate surface area is 128 Å². The fourth-order valence-electron chi connectivity index (χ4n) is 1.98. The molecule has 2 aromatic rings. The van der Waals surface area contributed by atoms with E-state index in [4.69, 9.17) is 17.3 Å². The average Bonchev–Trinajstić information content (AvgIpc) is 2.45. The van der Waals surface area contributed by atoms with Gasteiger partial charge in [-0.3, -0.25) is 4.79 Å². The molecule has 1 unspecified atom stereocenters. The fourth-order valence-corrected chi connectivity index (χ4v) is 2.25. The number of nitrogens with one attached hydrogen (secondary N) is 1. The molecule has 21 heavy (non-hydrogen) atoms. The summed E-state index contributed by atoms with van der Waals surface area (Å²) in [6.07, 6.45) is 0.385. The van der Waals surface area contributed by atoms with E-state index in [0.29, 0.717) is 17.1 Å². The molecule has 0 aliphatic carbocycles. The second-order valence-corrected chi connectivity index (χ2v) is 5.31. The molecule has 1 amide bonds. The number of aromatic hydroxyl groups is 1. The van der Waals surface area contributed by atoms with Crippen molar-refractivity contribution in [3.8, 4) is 5.75 Å². The number of amides is 1. The number of aryl methyl sites for hydroxylation is 1. The summed E-state index contributed by atoms with van der Waals surface area (Å²) >= 11 is 6.07. The van der Waals surface area contributed by atoms with Crippen LogP contribution in [0.2, 0.25) is 5.02 Å². The van der Waals surface area contributed by atoms with Crippen LogP contribution in [0.25, 0.3) is 0 Å². The first-order valence-electron chi connectivity index (χ1n) is 6.57. The highest BCUT2D eigenvalue weighted by atomic mass is 35.5. The molecule has 0 aliphatic rings. The van der Waals surface area contributed by atoms with Crippen LogP contribution < -0.4 is 11.1 Å². The van der Waals surface area contributed by atoms with E-state index in [-0.39, 0.29) is 11.7 Å². The lowest BCUT2D eigenvalue weighted by atomic mass is 10.1. The minimum Gasteiger partial charge on any atom is -0.508 e. The van der Waals surface area contributed by atoms with Gasteiger partial charge in [0.25, 0.3) is 0 Å². The number of rotatable bonds is 4. The van der Waals surface area contributed by atoms with Gasteiger partial charge in [-0.1, -0.05) is 35.9 Å². The monoisotopic (exact) mass is 304 g/mol. The molecular weight excluding hydrogens is 288 g/mol. The van der Waals surface area contributed by atoms with Gasteiger partial charge >= 0.3 is 0 Å². The SMILES string of the molecule is Cc1cccc(Cl)c1NC(=O)C(N)Cc1ccc(O)cc1. The summed E-state index contributed by atoms with van der Waals surface area (Å²) in [6, 6.07) is 11.3. The second-order valence-electron chi connectivity index (χ2n) is 4.90. The summed E-state index contributed by atoms with van der Waals surface area (Å²) in [7, 11) is 0. The van der Waals surface area contributed by atoms with Crippen molar-refractivity contribution in [3.05, 3.63) is 58.6 Å². The number of para-hydroxylation sites is 1. The standard InChI is InChI=1S/C16H17ClN2O2/c1-10-3-2-4-13(17)15(10)19-16(21)14(18)9-11-5-7-12(20)8-6-11/h2-8,14,20H,9,18H2,1H3,(H,19,21). The number of benzene rings is 2. The van der Waals surface area contributed by atoms with Gasteiger partial charge < -0.3 is 16.2 Å². The normalized spacial score (nSPS) is 12.0. The summed E-state index contributed by atoms with van der Waals surface area (Å²) in [5.74, 6) is -0.109. The number of halogens is 1. The first-order chi connectivity index (χ1) is 9.97. The minimum atomic E-state index is -0.690. The van der Waals surface area contributed by atoms with Crippen molar-refractivity contribution >= 4 is 23.2 Å². The molecule has 0 bridgehead atoms. The Morgan fingerprint density at radius 3 is 2.57 bits per heavy atom. The molecule has 0 aliphatic heterocycles. The smallest absolute Gasteiger partial charge is 0.241 e. The van der Waals surface area contributed by atoms with Gasteiger partial charge in [0.05, 0.1) is 16.8 Å². The predicted molar refractivity (Wildman–Crippen MR) is 84.6 cm³/mol. The Morgan fingerprint density at radius 1 is 1.29 bits per heavy atom. The predicted octanol–water partition coefficient (Wildman–Crippen LogP) is 2.86. The van der Waals surface area contributed by atoms with E-state index in [1.165, 1.54) is 0 Å². The Kier molecular flexibility index (Phi) is 4.83. The maximum absolute atomic E-state index is 12.1. The highest BCUT2D eigenvalue weighted by Crippen LogP contribution is 2.25. The molecule has 2 rings (SSSR count). The largest absolute Gasteiger partial charge is 0.508 e. The van der Waals surface area contributed by atoms with Gasteiger partial charge in [-0.2, -0.15) is 0 Å². The highest BCUT2D eigenvalue weighted by molar-refractivity contribution is 6.34. The van der Waals surface area contributed by atoms with Gasteiger partial charge in [-0.15, -0.1) is 0 Å². The summed E-state index contributed by atoms with van der Waals surface area (Å²) in [5, 5.41) is 12.5. The Morgan fingerprint density at radius 2 is 1.95 bits per heavy atom. The fraction of sp³-hybridized carbons (Fsp3) is 0.188. The zero-order valence-electron chi connectivity index (χ0n) is 11.6. The van der Waals surface area contributed by atoms with Crippen molar-refractivity contribution in [2.75, 3.05) is 5.32 Å². The molecule has 0 spiro atoms. The second kappa shape index (κ2) is 6.61. The molecule has 4 nitrogen and oxygen atoms in total. The molecule has 5 heteroatoms. The number of carbonyl (C=O) groups excluding carboxylic acids is 1. The zero-order chi connectivity index (χ0) is 15.4. The van der Waals surface area contributed by atoms with Crippen molar-refractivity contribution in [2.45, 2.75) is 19.4 Å². The minimum absolute atomic E-state index is 0.184. The molecule has 110 valence electrons. The van der Waals surface area contributed by atoms with Crippen molar-refractivity contribution < 1.29 is 9.90 Å². The molecule has 1 atom stereocenters. The highest BCUT2D eigenvalue weighted by Gasteiger charge is 2.16. The molecule has 2 aromatic carbocycles. The molecule has 0 saturated carbocycles. The van der Waals surface area contributed by atoms with Crippen LogP contribution in [0.4, 0.5) is 5.69 Å². The Balaban J connectivity index is 2.04. The number of carbonyl (C=O) groups is 1. The van der Waals surface area contributed by atoms with Gasteiger partial charge in [0, 0.05) is 0 Å². The maximum atomic E-state index is 12.1. The van der Waals surface area contributed by atoms with Gasteiger partial charge in [0.2, 0.25) is 5.91 Å². The lowest BCUT2D eigenvalue weighted by molar-refractivity contribution is -0.117. The van der Waals surface area contributed by atoms with Crippen LogP contribution in [0.3, 0.4) is 0 Å². The molecule has 0 fully saturated rings. The Hall–Kier alpha value is -2.04. The van der Waals surface area contributed by atoms with E-state index >= 15 is 0 Å². The lowest BCUT2D eigenvalue weighted by Gasteiger charge is -2.15. The number of anilines is 1. The molecule has 0 aromatic heterocycles. The van der Waals surface area contributed by atoms with Crippen LogP contribution in [-0.4, -0.2) is 17.1 Å². The number of nitrogens with two attached hydrogens (primary N) is 1. The van der Waals surface area contributed by atoms with Gasteiger partial charge in [-0.05, 0) is 42.7 Å². The molecule has 4 N–H and O–H groups in total. The van der Waals surface area contributed by atoms with E-state index in [9.17, 15) is 9.90 Å². The Bertz CT molecular complexity index is 621. The van der Waals surface area contributed by atoms with E-state index in [1.807, 2.05) is 19.1 Å².